The van der Waals surface area contributed by atoms with Crippen molar-refractivity contribution in [2.45, 2.75) is 52.1 Å². The number of halogens is 1. The molecule has 3 nitrogen and oxygen atoms in total. The molecule has 0 aromatic heterocycles. The predicted octanol–water partition coefficient (Wildman–Crippen LogP) is 3.26. The highest BCUT2D eigenvalue weighted by Crippen LogP contribution is 2.43. The Kier molecular flexibility index (Phi) is 5.73. The summed E-state index contributed by atoms with van der Waals surface area (Å²) in [6, 6.07) is 0. The summed E-state index contributed by atoms with van der Waals surface area (Å²) in [5.74, 6) is 0.263. The van der Waals surface area contributed by atoms with Crippen LogP contribution in [0.1, 0.15) is 46.5 Å². The van der Waals surface area contributed by atoms with Crippen molar-refractivity contribution in [3.63, 3.8) is 0 Å². The van der Waals surface area contributed by atoms with Crippen LogP contribution in [0.4, 0.5) is 4.39 Å². The molecule has 0 radical (unpaired) electrons. The molecule has 17 heavy (non-hydrogen) atoms. The van der Waals surface area contributed by atoms with Crippen LogP contribution in [0.3, 0.4) is 0 Å². The van der Waals surface area contributed by atoms with Gasteiger partial charge in [0.05, 0.1) is 12.3 Å². The Hall–Kier alpha value is -0.290. The van der Waals surface area contributed by atoms with Gasteiger partial charge >= 0.3 is 0 Å². The number of amides is 1. The first-order chi connectivity index (χ1) is 8.14. The molecular weight excluding hydrogens is 241 g/mol. The summed E-state index contributed by atoms with van der Waals surface area (Å²) < 4.78 is 20.0. The minimum absolute atomic E-state index is 0.0114. The molecular formula is C12H22FNO2S. The molecule has 0 bridgehead atoms. The van der Waals surface area contributed by atoms with E-state index in [1.54, 1.807) is 0 Å². The van der Waals surface area contributed by atoms with E-state index in [-0.39, 0.29) is 30.0 Å². The average molecular weight is 263 g/mol. The van der Waals surface area contributed by atoms with Crippen LogP contribution in [-0.4, -0.2) is 18.2 Å². The summed E-state index contributed by atoms with van der Waals surface area (Å²) >= 11 is 1.03. The second-order valence-electron chi connectivity index (χ2n) is 4.66. The molecule has 1 amide bonds. The molecule has 2 saturated carbocycles. The molecule has 0 spiro atoms. The van der Waals surface area contributed by atoms with E-state index in [2.05, 4.69) is 4.72 Å². The predicted molar refractivity (Wildman–Crippen MR) is 68.0 cm³/mol. The van der Waals surface area contributed by atoms with Gasteiger partial charge in [0, 0.05) is 5.92 Å². The Morgan fingerprint density at radius 3 is 2.71 bits per heavy atom. The van der Waals surface area contributed by atoms with Crippen molar-refractivity contribution in [1.29, 1.82) is 0 Å². The van der Waals surface area contributed by atoms with E-state index in [0.717, 1.165) is 31.5 Å². The van der Waals surface area contributed by atoms with Crippen molar-refractivity contribution in [2.75, 3.05) is 6.67 Å². The van der Waals surface area contributed by atoms with Crippen molar-refractivity contribution in [1.82, 2.24) is 4.72 Å². The van der Waals surface area contributed by atoms with Gasteiger partial charge in [-0.3, -0.25) is 18.1 Å². The first-order valence-electron chi connectivity index (χ1n) is 6.35. The van der Waals surface area contributed by atoms with Gasteiger partial charge in [0.15, 0.2) is 0 Å². The summed E-state index contributed by atoms with van der Waals surface area (Å²) in [6.45, 7) is 5.70. The second-order valence-corrected chi connectivity index (χ2v) is 5.20. The summed E-state index contributed by atoms with van der Waals surface area (Å²) in [4.78, 5) is 11.5. The molecule has 2 atom stereocenters. The summed E-state index contributed by atoms with van der Waals surface area (Å²) in [5, 5.41) is 0. The number of nitrogens with one attached hydrogen (secondary N) is 1. The van der Waals surface area contributed by atoms with Crippen LogP contribution in [0, 0.1) is 11.8 Å². The van der Waals surface area contributed by atoms with Crippen molar-refractivity contribution >= 4 is 18.1 Å². The maximum absolute atomic E-state index is 12.0. The fourth-order valence-electron chi connectivity index (χ4n) is 1.53. The van der Waals surface area contributed by atoms with Crippen LogP contribution in [-0.2, 0) is 8.98 Å². The van der Waals surface area contributed by atoms with Crippen LogP contribution in [0.15, 0.2) is 0 Å². The summed E-state index contributed by atoms with van der Waals surface area (Å²) in [5.41, 5.74) is -0.0279. The highest BCUT2D eigenvalue weighted by molar-refractivity contribution is 7.93. The molecule has 2 fully saturated rings. The number of alkyl halides is 1. The van der Waals surface area contributed by atoms with Gasteiger partial charge in [-0.05, 0) is 38.5 Å². The monoisotopic (exact) mass is 263 g/mol. The highest BCUT2D eigenvalue weighted by Gasteiger charge is 2.43. The van der Waals surface area contributed by atoms with Gasteiger partial charge in [0.1, 0.15) is 12.2 Å². The lowest BCUT2D eigenvalue weighted by Crippen LogP contribution is -2.20. The number of hydrogen-bond donors (Lipinski definition) is 1. The second kappa shape index (κ2) is 6.59. The lowest BCUT2D eigenvalue weighted by atomic mass is 10.2. The molecule has 0 aromatic rings. The van der Waals surface area contributed by atoms with E-state index in [1.807, 2.05) is 20.8 Å². The molecule has 0 heterocycles. The topological polar surface area (TPSA) is 38.3 Å². The van der Waals surface area contributed by atoms with E-state index >= 15 is 0 Å². The first-order valence-corrected chi connectivity index (χ1v) is 7.09. The fourth-order valence-corrected chi connectivity index (χ4v) is 2.17. The van der Waals surface area contributed by atoms with Crippen LogP contribution in [0.2, 0.25) is 0 Å². The van der Waals surface area contributed by atoms with Crippen molar-refractivity contribution < 1.29 is 13.4 Å². The molecule has 1 unspecified atom stereocenters. The third-order valence-corrected chi connectivity index (χ3v) is 3.85. The lowest BCUT2D eigenvalue weighted by Gasteiger charge is -2.08. The van der Waals surface area contributed by atoms with E-state index in [1.165, 1.54) is 0 Å². The molecule has 0 aromatic carbocycles. The Labute approximate surface area is 107 Å². The molecule has 2 aliphatic carbocycles. The van der Waals surface area contributed by atoms with Gasteiger partial charge in [-0.15, -0.1) is 0 Å². The van der Waals surface area contributed by atoms with Gasteiger partial charge < -0.3 is 0 Å². The third kappa shape index (κ3) is 4.84. The third-order valence-electron chi connectivity index (χ3n) is 3.08. The molecule has 0 saturated heterocycles. The molecule has 100 valence electrons. The maximum atomic E-state index is 12.0. The van der Waals surface area contributed by atoms with Gasteiger partial charge in [-0.25, -0.2) is 0 Å². The first kappa shape index (κ1) is 14.8. The molecule has 5 heteroatoms. The zero-order chi connectivity index (χ0) is 12.9. The van der Waals surface area contributed by atoms with Gasteiger partial charge in [-0.2, -0.15) is 0 Å². The fraction of sp³-hybridized carbons (Fsp3) is 0.917. The minimum Gasteiger partial charge on any atom is -0.290 e. The van der Waals surface area contributed by atoms with E-state index in [4.69, 9.17) is 4.18 Å². The zero-order valence-corrected chi connectivity index (χ0v) is 11.6. The number of carbonyl (C=O) groups excluding carboxylic acids is 1. The minimum atomic E-state index is -0.323. The molecule has 2 aliphatic rings. The quantitative estimate of drug-likeness (QED) is 0.590. The molecule has 2 rings (SSSR count). The number of hydrogen-bond acceptors (Lipinski definition) is 3. The van der Waals surface area contributed by atoms with E-state index in [0.29, 0.717) is 6.42 Å². The average Bonchev–Trinajstić information content (AvgIpc) is 3.21. The Bertz CT molecular complexity index is 259. The number of rotatable bonds is 6. The Morgan fingerprint density at radius 2 is 2.18 bits per heavy atom. The highest BCUT2D eigenvalue weighted by atomic mass is 32.2. The largest absolute Gasteiger partial charge is 0.290 e. The van der Waals surface area contributed by atoms with E-state index in [9.17, 15) is 9.18 Å². The van der Waals surface area contributed by atoms with Crippen LogP contribution in [0.25, 0.3) is 0 Å². The number of carbonyl (C=O) groups is 1. The van der Waals surface area contributed by atoms with Gasteiger partial charge in [0.25, 0.3) is 0 Å². The lowest BCUT2D eigenvalue weighted by molar-refractivity contribution is -0.120. The normalized spacial score (nSPS) is 27.8. The van der Waals surface area contributed by atoms with Crippen molar-refractivity contribution in [3.05, 3.63) is 0 Å². The molecule has 1 N–H and O–H groups in total. The van der Waals surface area contributed by atoms with Gasteiger partial charge in [0.2, 0.25) is 5.91 Å². The van der Waals surface area contributed by atoms with Crippen LogP contribution < -0.4 is 4.72 Å². The Balaban J connectivity index is 0.000000686. The van der Waals surface area contributed by atoms with E-state index < -0.39 is 0 Å². The SMILES string of the molecule is CC.CC1(OSNC(=O)[C@H]2CC2CCF)CC1. The Morgan fingerprint density at radius 1 is 1.53 bits per heavy atom. The van der Waals surface area contributed by atoms with Crippen LogP contribution in [0.5, 0.6) is 0 Å². The smallest absolute Gasteiger partial charge is 0.234 e. The standard InChI is InChI=1S/C10H16FNO2S.C2H6/c1-10(3-4-10)14-15-12-9(13)8-6-7(8)2-5-11;1-2/h7-8H,2-6H2,1H3,(H,12,13);1-2H3/t7?,8-;/m0./s1. The summed E-state index contributed by atoms with van der Waals surface area (Å²) in [7, 11) is 0. The maximum Gasteiger partial charge on any atom is 0.234 e. The molecule has 0 aliphatic heterocycles. The van der Waals surface area contributed by atoms with Crippen molar-refractivity contribution in [2.24, 2.45) is 11.8 Å². The van der Waals surface area contributed by atoms with Gasteiger partial charge in [-0.1, -0.05) is 13.8 Å². The van der Waals surface area contributed by atoms with Crippen LogP contribution >= 0.6 is 12.2 Å². The zero-order valence-electron chi connectivity index (χ0n) is 10.8. The van der Waals surface area contributed by atoms with Crippen molar-refractivity contribution in [3.8, 4) is 0 Å². The summed E-state index contributed by atoms with van der Waals surface area (Å²) in [6.07, 6.45) is 3.46.